The minimum Gasteiger partial charge on any atom is -0.481 e. The van der Waals surface area contributed by atoms with Gasteiger partial charge in [-0.25, -0.2) is 4.98 Å². The molecule has 0 aliphatic rings. The second-order valence-electron chi connectivity index (χ2n) is 4.11. The van der Waals surface area contributed by atoms with E-state index in [4.69, 9.17) is 5.11 Å². The van der Waals surface area contributed by atoms with E-state index in [9.17, 15) is 4.79 Å². The van der Waals surface area contributed by atoms with Crippen molar-refractivity contribution in [3.05, 3.63) is 23.3 Å². The smallest absolute Gasteiger partial charge is 0.309 e. The maximum Gasteiger partial charge on any atom is 0.309 e. The molecule has 0 atom stereocenters. The molecule has 2 N–H and O–H groups in total. The maximum atomic E-state index is 10.5. The molecule has 0 bridgehead atoms. The van der Waals surface area contributed by atoms with Crippen molar-refractivity contribution in [3.8, 4) is 0 Å². The summed E-state index contributed by atoms with van der Waals surface area (Å²) in [6.07, 6.45) is 1.83. The highest BCUT2D eigenvalue weighted by molar-refractivity contribution is 7.13. The number of nitrogens with zero attached hydrogens (tertiary/aromatic N) is 3. The van der Waals surface area contributed by atoms with E-state index in [2.05, 4.69) is 15.4 Å². The molecule has 18 heavy (non-hydrogen) atoms. The Morgan fingerprint density at radius 3 is 3.00 bits per heavy atom. The third kappa shape index (κ3) is 3.07. The van der Waals surface area contributed by atoms with Crippen molar-refractivity contribution in [1.82, 2.24) is 14.8 Å². The molecule has 0 unspecified atom stereocenters. The molecular formula is C11H14N4O2S. The number of hydrogen-bond donors (Lipinski definition) is 2. The number of anilines is 2. The van der Waals surface area contributed by atoms with Crippen molar-refractivity contribution >= 4 is 28.3 Å². The van der Waals surface area contributed by atoms with Crippen LogP contribution >= 0.6 is 11.3 Å². The monoisotopic (exact) mass is 266 g/mol. The molecule has 0 fully saturated rings. The summed E-state index contributed by atoms with van der Waals surface area (Å²) in [6, 6.07) is 2.16. The van der Waals surface area contributed by atoms with E-state index in [1.54, 1.807) is 5.38 Å². The van der Waals surface area contributed by atoms with Crippen molar-refractivity contribution in [2.24, 2.45) is 0 Å². The molecule has 2 aromatic heterocycles. The highest BCUT2D eigenvalue weighted by atomic mass is 32.1. The summed E-state index contributed by atoms with van der Waals surface area (Å²) in [5.41, 5.74) is 0.554. The second-order valence-corrected chi connectivity index (χ2v) is 4.97. The molecule has 7 heteroatoms. The molecule has 0 radical (unpaired) electrons. The first-order valence-electron chi connectivity index (χ1n) is 5.53. The Hall–Kier alpha value is -1.89. The molecule has 0 saturated heterocycles. The van der Waals surface area contributed by atoms with Crippen LogP contribution in [0.2, 0.25) is 0 Å². The number of aromatic nitrogens is 3. The van der Waals surface area contributed by atoms with Gasteiger partial charge in [-0.15, -0.1) is 11.3 Å². The number of rotatable bonds is 5. The molecule has 0 aliphatic carbocycles. The van der Waals surface area contributed by atoms with Gasteiger partial charge < -0.3 is 10.4 Å². The van der Waals surface area contributed by atoms with Crippen LogP contribution in [0.4, 0.5) is 10.9 Å². The number of aliphatic carboxylic acids is 1. The quantitative estimate of drug-likeness (QED) is 0.868. The second kappa shape index (κ2) is 5.18. The summed E-state index contributed by atoms with van der Waals surface area (Å²) >= 11 is 1.37. The van der Waals surface area contributed by atoms with Gasteiger partial charge in [-0.2, -0.15) is 5.10 Å². The highest BCUT2D eigenvalue weighted by Crippen LogP contribution is 2.20. The van der Waals surface area contributed by atoms with Crippen LogP contribution in [-0.4, -0.2) is 25.8 Å². The summed E-state index contributed by atoms with van der Waals surface area (Å²) in [7, 11) is 0. The fraction of sp³-hybridized carbons (Fsp3) is 0.364. The Morgan fingerprint density at radius 2 is 2.39 bits per heavy atom. The van der Waals surface area contributed by atoms with Crippen LogP contribution in [0, 0.1) is 0 Å². The van der Waals surface area contributed by atoms with Crippen LogP contribution in [0.5, 0.6) is 0 Å². The zero-order chi connectivity index (χ0) is 13.1. The number of thiazole rings is 1. The number of nitrogens with one attached hydrogen (secondary N) is 1. The van der Waals surface area contributed by atoms with Crippen molar-refractivity contribution in [3.63, 3.8) is 0 Å². The third-order valence-corrected chi connectivity index (χ3v) is 3.06. The molecule has 0 amide bonds. The fourth-order valence-corrected chi connectivity index (χ4v) is 2.12. The van der Waals surface area contributed by atoms with Gasteiger partial charge in [0.1, 0.15) is 0 Å². The molecule has 0 aliphatic heterocycles. The molecule has 96 valence electrons. The average Bonchev–Trinajstić information content (AvgIpc) is 2.88. The largest absolute Gasteiger partial charge is 0.481 e. The Balaban J connectivity index is 2.04. The standard InChI is InChI=1S/C11H14N4O2S/c1-7(2)15-4-3-9(14-15)13-11-12-8(6-18-11)5-10(16)17/h3-4,6-7H,5H2,1-2H3,(H,16,17)(H,12,13,14). The lowest BCUT2D eigenvalue weighted by Crippen LogP contribution is -2.02. The zero-order valence-corrected chi connectivity index (χ0v) is 10.9. The maximum absolute atomic E-state index is 10.5. The van der Waals surface area contributed by atoms with Crippen LogP contribution in [0.25, 0.3) is 0 Å². The van der Waals surface area contributed by atoms with E-state index in [1.807, 2.05) is 30.8 Å². The fourth-order valence-electron chi connectivity index (χ4n) is 1.40. The van der Waals surface area contributed by atoms with Gasteiger partial charge in [0.15, 0.2) is 10.9 Å². The Labute approximate surface area is 108 Å². The van der Waals surface area contributed by atoms with Gasteiger partial charge >= 0.3 is 5.97 Å². The highest BCUT2D eigenvalue weighted by Gasteiger charge is 2.08. The van der Waals surface area contributed by atoms with Crippen molar-refractivity contribution in [2.75, 3.05) is 5.32 Å². The third-order valence-electron chi connectivity index (χ3n) is 2.26. The van der Waals surface area contributed by atoms with Crippen LogP contribution in [0.15, 0.2) is 17.6 Å². The molecule has 0 aromatic carbocycles. The van der Waals surface area contributed by atoms with Crippen LogP contribution in [0.1, 0.15) is 25.6 Å². The van der Waals surface area contributed by atoms with Crippen molar-refractivity contribution in [1.29, 1.82) is 0 Å². The first kappa shape index (κ1) is 12.6. The summed E-state index contributed by atoms with van der Waals surface area (Å²) < 4.78 is 1.84. The van der Waals surface area contributed by atoms with Crippen LogP contribution in [-0.2, 0) is 11.2 Å². The lowest BCUT2D eigenvalue weighted by molar-refractivity contribution is -0.136. The van der Waals surface area contributed by atoms with Gasteiger partial charge in [0.25, 0.3) is 0 Å². The van der Waals surface area contributed by atoms with E-state index in [0.29, 0.717) is 22.7 Å². The van der Waals surface area contributed by atoms with Crippen LogP contribution < -0.4 is 5.32 Å². The van der Waals surface area contributed by atoms with Gasteiger partial charge in [-0.05, 0) is 13.8 Å². The van der Waals surface area contributed by atoms with E-state index < -0.39 is 5.97 Å². The zero-order valence-electron chi connectivity index (χ0n) is 10.1. The van der Waals surface area contributed by atoms with Gasteiger partial charge in [0.2, 0.25) is 0 Å². The first-order chi connectivity index (χ1) is 8.54. The van der Waals surface area contributed by atoms with E-state index in [1.165, 1.54) is 11.3 Å². The summed E-state index contributed by atoms with van der Waals surface area (Å²) in [4.78, 5) is 14.7. The SMILES string of the molecule is CC(C)n1ccc(Nc2nc(CC(=O)O)cs2)n1. The average molecular weight is 266 g/mol. The first-order valence-corrected chi connectivity index (χ1v) is 6.41. The summed E-state index contributed by atoms with van der Waals surface area (Å²) in [5, 5.41) is 18.4. The van der Waals surface area contributed by atoms with E-state index >= 15 is 0 Å². The lowest BCUT2D eigenvalue weighted by atomic mass is 10.3. The van der Waals surface area contributed by atoms with E-state index in [-0.39, 0.29) is 6.42 Å². The minimum atomic E-state index is -0.879. The predicted octanol–water partition coefficient (Wildman–Crippen LogP) is 2.29. The number of carboxylic acids is 1. The molecule has 2 aromatic rings. The van der Waals surface area contributed by atoms with Gasteiger partial charge in [0.05, 0.1) is 12.1 Å². The summed E-state index contributed by atoms with van der Waals surface area (Å²) in [5.74, 6) is -0.170. The van der Waals surface area contributed by atoms with Gasteiger partial charge in [-0.1, -0.05) is 0 Å². The molecule has 6 nitrogen and oxygen atoms in total. The van der Waals surface area contributed by atoms with E-state index in [0.717, 1.165) is 0 Å². The normalized spacial score (nSPS) is 10.8. The molecule has 0 saturated carbocycles. The van der Waals surface area contributed by atoms with Gasteiger partial charge in [0, 0.05) is 23.7 Å². The van der Waals surface area contributed by atoms with Crippen LogP contribution in [0.3, 0.4) is 0 Å². The Morgan fingerprint density at radius 1 is 1.61 bits per heavy atom. The number of carboxylic acid groups (broad SMARTS) is 1. The molecular weight excluding hydrogens is 252 g/mol. The Bertz CT molecular complexity index is 547. The predicted molar refractivity (Wildman–Crippen MR) is 69.3 cm³/mol. The number of hydrogen-bond acceptors (Lipinski definition) is 5. The van der Waals surface area contributed by atoms with Crippen molar-refractivity contribution < 1.29 is 9.90 Å². The lowest BCUT2D eigenvalue weighted by Gasteiger charge is -2.03. The molecule has 2 rings (SSSR count). The topological polar surface area (TPSA) is 80.0 Å². The van der Waals surface area contributed by atoms with Gasteiger partial charge in [-0.3, -0.25) is 9.48 Å². The minimum absolute atomic E-state index is 0.0569. The van der Waals surface area contributed by atoms with Crippen molar-refractivity contribution in [2.45, 2.75) is 26.3 Å². The molecule has 0 spiro atoms. The summed E-state index contributed by atoms with van der Waals surface area (Å²) in [6.45, 7) is 4.09. The Kier molecular flexibility index (Phi) is 3.61. The number of carbonyl (C=O) groups is 1. The molecule has 2 heterocycles.